The molecule has 0 unspecified atom stereocenters. The maximum absolute atomic E-state index is 4.82. The molecule has 2 aromatic heterocycles. The van der Waals surface area contributed by atoms with E-state index < -0.39 is 0 Å². The van der Waals surface area contributed by atoms with Gasteiger partial charge in [-0.1, -0.05) is 47.3 Å². The van der Waals surface area contributed by atoms with Gasteiger partial charge in [0.05, 0.1) is 6.33 Å². The largest absolute Gasteiger partial charge is 0.368 e. The lowest BCUT2D eigenvalue weighted by molar-refractivity contribution is 0.461. The van der Waals surface area contributed by atoms with Crippen LogP contribution in [0.1, 0.15) is 57.6 Å². The van der Waals surface area contributed by atoms with E-state index in [9.17, 15) is 0 Å². The van der Waals surface area contributed by atoms with E-state index in [1.807, 2.05) is 6.33 Å². The fourth-order valence-electron chi connectivity index (χ4n) is 3.89. The summed E-state index contributed by atoms with van der Waals surface area (Å²) in [6.45, 7) is 5.10. The van der Waals surface area contributed by atoms with E-state index in [4.69, 9.17) is 9.97 Å². The highest BCUT2D eigenvalue weighted by molar-refractivity contribution is 9.10. The first-order chi connectivity index (χ1) is 14.1. The summed E-state index contributed by atoms with van der Waals surface area (Å²) in [5.41, 5.74) is 3.02. The summed E-state index contributed by atoms with van der Waals surface area (Å²) in [5.74, 6) is 1.52. The Kier molecular flexibility index (Phi) is 6.33. The number of imidazole rings is 1. The number of hydrogen-bond acceptors (Lipinski definition) is 5. The molecule has 1 aliphatic carbocycles. The molecule has 29 heavy (non-hydrogen) atoms. The van der Waals surface area contributed by atoms with Crippen LogP contribution in [0.2, 0.25) is 0 Å². The molecule has 0 bridgehead atoms. The lowest BCUT2D eigenvalue weighted by Gasteiger charge is -2.23. The van der Waals surface area contributed by atoms with Crippen molar-refractivity contribution in [3.05, 3.63) is 40.6 Å². The third-order valence-electron chi connectivity index (χ3n) is 5.54. The van der Waals surface area contributed by atoms with Gasteiger partial charge in [0.2, 0.25) is 5.95 Å². The Bertz CT molecular complexity index is 944. The van der Waals surface area contributed by atoms with Crippen molar-refractivity contribution in [3.8, 4) is 0 Å². The second-order valence-electron chi connectivity index (χ2n) is 8.10. The molecule has 1 aromatic carbocycles. The molecule has 3 aromatic rings. The lowest BCUT2D eigenvalue weighted by Crippen LogP contribution is -2.24. The molecule has 1 fully saturated rings. The number of aromatic nitrogens is 4. The van der Waals surface area contributed by atoms with Crippen molar-refractivity contribution in [2.45, 2.75) is 64.5 Å². The Morgan fingerprint density at radius 1 is 1.10 bits per heavy atom. The number of nitrogens with zero attached hydrogens (tertiary/aromatic N) is 4. The second-order valence-corrected chi connectivity index (χ2v) is 9.01. The van der Waals surface area contributed by atoms with Gasteiger partial charge in [-0.05, 0) is 50.8 Å². The molecular formula is C22H29BrN6. The highest BCUT2D eigenvalue weighted by Crippen LogP contribution is 2.26. The zero-order chi connectivity index (χ0) is 20.2. The first-order valence-corrected chi connectivity index (χ1v) is 11.4. The third-order valence-corrected chi connectivity index (χ3v) is 6.06. The minimum absolute atomic E-state index is 0.299. The predicted molar refractivity (Wildman–Crippen MR) is 123 cm³/mol. The first kappa shape index (κ1) is 20.1. The molecule has 154 valence electrons. The van der Waals surface area contributed by atoms with Gasteiger partial charge in [-0.3, -0.25) is 0 Å². The lowest BCUT2D eigenvalue weighted by atomic mass is 9.96. The molecule has 0 spiro atoms. The van der Waals surface area contributed by atoms with Crippen molar-refractivity contribution >= 4 is 38.9 Å². The topological polar surface area (TPSA) is 67.7 Å². The number of fused-ring (bicyclic) bond motifs is 1. The van der Waals surface area contributed by atoms with Gasteiger partial charge in [0.1, 0.15) is 0 Å². The first-order valence-electron chi connectivity index (χ1n) is 10.6. The SMILES string of the molecule is CC(C)n1cnc2c(NCCc3ccc(Br)cc3)nc(NC3CCCCC3)nc21. The summed E-state index contributed by atoms with van der Waals surface area (Å²) in [4.78, 5) is 14.2. The van der Waals surface area contributed by atoms with E-state index in [-0.39, 0.29) is 0 Å². The van der Waals surface area contributed by atoms with E-state index in [1.54, 1.807) is 0 Å². The summed E-state index contributed by atoms with van der Waals surface area (Å²) >= 11 is 3.49. The van der Waals surface area contributed by atoms with Gasteiger partial charge in [-0.2, -0.15) is 9.97 Å². The van der Waals surface area contributed by atoms with Crippen molar-refractivity contribution in [3.63, 3.8) is 0 Å². The van der Waals surface area contributed by atoms with Crippen LogP contribution in [0.4, 0.5) is 11.8 Å². The van der Waals surface area contributed by atoms with Crippen LogP contribution in [0.5, 0.6) is 0 Å². The molecule has 0 radical (unpaired) electrons. The van der Waals surface area contributed by atoms with Crippen molar-refractivity contribution in [2.75, 3.05) is 17.2 Å². The molecule has 1 aliphatic rings. The molecule has 7 heteroatoms. The van der Waals surface area contributed by atoms with Crippen LogP contribution in [0, 0.1) is 0 Å². The maximum Gasteiger partial charge on any atom is 0.227 e. The van der Waals surface area contributed by atoms with Crippen molar-refractivity contribution in [1.82, 2.24) is 19.5 Å². The second kappa shape index (κ2) is 9.11. The van der Waals surface area contributed by atoms with Crippen LogP contribution in [0.25, 0.3) is 11.2 Å². The monoisotopic (exact) mass is 456 g/mol. The number of halogens is 1. The molecular weight excluding hydrogens is 428 g/mol. The fraction of sp³-hybridized carbons (Fsp3) is 0.500. The van der Waals surface area contributed by atoms with Crippen LogP contribution in [0.3, 0.4) is 0 Å². The Morgan fingerprint density at radius 3 is 2.59 bits per heavy atom. The van der Waals surface area contributed by atoms with E-state index in [0.717, 1.165) is 34.4 Å². The zero-order valence-electron chi connectivity index (χ0n) is 17.2. The summed E-state index contributed by atoms with van der Waals surface area (Å²) in [6.07, 6.45) is 9.07. The number of rotatable bonds is 7. The van der Waals surface area contributed by atoms with Crippen molar-refractivity contribution in [1.29, 1.82) is 0 Å². The summed E-state index contributed by atoms with van der Waals surface area (Å²) < 4.78 is 3.22. The highest BCUT2D eigenvalue weighted by atomic mass is 79.9. The van der Waals surface area contributed by atoms with E-state index in [0.29, 0.717) is 18.0 Å². The molecule has 2 N–H and O–H groups in total. The fourth-order valence-corrected chi connectivity index (χ4v) is 4.15. The molecule has 6 nitrogen and oxygen atoms in total. The summed E-state index contributed by atoms with van der Waals surface area (Å²) in [6, 6.07) is 9.21. The Balaban J connectivity index is 1.55. The molecule has 0 amide bonds. The van der Waals surface area contributed by atoms with E-state index in [1.165, 1.54) is 37.7 Å². The van der Waals surface area contributed by atoms with Crippen molar-refractivity contribution < 1.29 is 0 Å². The number of anilines is 2. The van der Waals surface area contributed by atoms with Gasteiger partial charge < -0.3 is 15.2 Å². The normalized spacial score (nSPS) is 15.2. The standard InChI is InChI=1S/C22H29BrN6/c1-15(2)29-14-25-19-20(24-13-12-16-8-10-17(23)11-9-16)27-22(28-21(19)29)26-18-6-4-3-5-7-18/h8-11,14-15,18H,3-7,12-13H2,1-2H3,(H2,24,26,27,28). The van der Waals surface area contributed by atoms with Gasteiger partial charge in [0.15, 0.2) is 17.0 Å². The van der Waals surface area contributed by atoms with E-state index >= 15 is 0 Å². The highest BCUT2D eigenvalue weighted by Gasteiger charge is 2.18. The quantitative estimate of drug-likeness (QED) is 0.486. The van der Waals surface area contributed by atoms with Crippen molar-refractivity contribution in [2.24, 2.45) is 0 Å². The zero-order valence-corrected chi connectivity index (χ0v) is 18.7. The molecule has 0 atom stereocenters. The van der Waals surface area contributed by atoms with Crippen LogP contribution in [-0.4, -0.2) is 32.1 Å². The van der Waals surface area contributed by atoms with Gasteiger partial charge in [0.25, 0.3) is 0 Å². The van der Waals surface area contributed by atoms with Crippen LogP contribution in [-0.2, 0) is 6.42 Å². The molecule has 2 heterocycles. The minimum Gasteiger partial charge on any atom is -0.368 e. The number of benzene rings is 1. The van der Waals surface area contributed by atoms with Crippen LogP contribution < -0.4 is 10.6 Å². The smallest absolute Gasteiger partial charge is 0.227 e. The third kappa shape index (κ3) is 4.89. The Morgan fingerprint density at radius 2 is 1.86 bits per heavy atom. The Hall–Kier alpha value is -2.15. The summed E-state index contributed by atoms with van der Waals surface area (Å²) in [5, 5.41) is 7.08. The number of hydrogen-bond donors (Lipinski definition) is 2. The average Bonchev–Trinajstić information content (AvgIpc) is 3.15. The molecule has 1 saturated carbocycles. The maximum atomic E-state index is 4.82. The molecule has 4 rings (SSSR count). The van der Waals surface area contributed by atoms with Gasteiger partial charge in [0, 0.05) is 23.1 Å². The van der Waals surface area contributed by atoms with E-state index in [2.05, 4.69) is 74.2 Å². The molecule has 0 saturated heterocycles. The predicted octanol–water partition coefficient (Wildman–Crippen LogP) is 5.57. The van der Waals surface area contributed by atoms with Gasteiger partial charge >= 0.3 is 0 Å². The average molecular weight is 457 g/mol. The number of nitrogens with one attached hydrogen (secondary N) is 2. The van der Waals surface area contributed by atoms with Gasteiger partial charge in [-0.25, -0.2) is 4.98 Å². The molecule has 0 aliphatic heterocycles. The van der Waals surface area contributed by atoms with Gasteiger partial charge in [-0.15, -0.1) is 0 Å². The van der Waals surface area contributed by atoms with Crippen LogP contribution in [0.15, 0.2) is 35.1 Å². The van der Waals surface area contributed by atoms with Crippen LogP contribution >= 0.6 is 15.9 Å². The minimum atomic E-state index is 0.299. The summed E-state index contributed by atoms with van der Waals surface area (Å²) in [7, 11) is 0. The Labute approximate surface area is 180 Å².